The first-order chi connectivity index (χ1) is 9.02. The van der Waals surface area contributed by atoms with Crippen LogP contribution in [0, 0.1) is 6.92 Å². The molecule has 1 aromatic carbocycles. The molecule has 0 aliphatic carbocycles. The minimum absolute atomic E-state index is 0.288. The van der Waals surface area contributed by atoms with Crippen molar-refractivity contribution in [1.29, 1.82) is 0 Å². The number of hydrogen-bond donors (Lipinski definition) is 1. The second-order valence-corrected chi connectivity index (χ2v) is 3.98. The SMILES string of the molecule is COc1cccc(C(=O)n2cc(C)c(=O)[nH]c2=O)c1. The maximum atomic E-state index is 12.2. The van der Waals surface area contributed by atoms with Gasteiger partial charge in [0, 0.05) is 17.3 Å². The Bertz CT molecular complexity index is 743. The first kappa shape index (κ1) is 12.8. The molecule has 0 spiro atoms. The van der Waals surface area contributed by atoms with Gasteiger partial charge in [-0.25, -0.2) is 9.36 Å². The molecule has 2 rings (SSSR count). The number of rotatable bonds is 2. The highest BCUT2D eigenvalue weighted by molar-refractivity contribution is 5.96. The number of hydrogen-bond acceptors (Lipinski definition) is 4. The summed E-state index contributed by atoms with van der Waals surface area (Å²) in [7, 11) is 1.49. The van der Waals surface area contributed by atoms with Gasteiger partial charge in [0.25, 0.3) is 11.5 Å². The number of ether oxygens (including phenoxy) is 1. The fourth-order valence-corrected chi connectivity index (χ4v) is 1.61. The molecule has 1 aromatic heterocycles. The minimum Gasteiger partial charge on any atom is -0.497 e. The van der Waals surface area contributed by atoms with Crippen LogP contribution in [-0.4, -0.2) is 22.6 Å². The highest BCUT2D eigenvalue weighted by Crippen LogP contribution is 2.13. The Hall–Kier alpha value is -2.63. The van der Waals surface area contributed by atoms with Gasteiger partial charge in [0.15, 0.2) is 0 Å². The number of nitrogens with one attached hydrogen (secondary N) is 1. The fourth-order valence-electron chi connectivity index (χ4n) is 1.61. The van der Waals surface area contributed by atoms with Crippen LogP contribution in [0.3, 0.4) is 0 Å². The van der Waals surface area contributed by atoms with E-state index in [1.165, 1.54) is 26.3 Å². The van der Waals surface area contributed by atoms with E-state index in [2.05, 4.69) is 4.98 Å². The summed E-state index contributed by atoms with van der Waals surface area (Å²) in [5.41, 5.74) is -0.674. The lowest BCUT2D eigenvalue weighted by Gasteiger charge is -2.06. The Morgan fingerprint density at radius 3 is 2.74 bits per heavy atom. The van der Waals surface area contributed by atoms with Gasteiger partial charge in [-0.2, -0.15) is 0 Å². The molecule has 0 unspecified atom stereocenters. The fraction of sp³-hybridized carbons (Fsp3) is 0.154. The van der Waals surface area contributed by atoms with Crippen molar-refractivity contribution in [1.82, 2.24) is 9.55 Å². The maximum Gasteiger partial charge on any atom is 0.335 e. The van der Waals surface area contributed by atoms with E-state index in [0.29, 0.717) is 11.3 Å². The van der Waals surface area contributed by atoms with Crippen LogP contribution >= 0.6 is 0 Å². The van der Waals surface area contributed by atoms with Gasteiger partial charge in [-0.1, -0.05) is 6.07 Å². The lowest BCUT2D eigenvalue weighted by molar-refractivity contribution is 0.0953. The van der Waals surface area contributed by atoms with Crippen LogP contribution in [0.15, 0.2) is 40.1 Å². The van der Waals surface area contributed by atoms with Gasteiger partial charge in [-0.15, -0.1) is 0 Å². The standard InChI is InChI=1S/C13H12N2O4/c1-8-7-15(13(18)14-11(8)16)12(17)9-4-3-5-10(6-9)19-2/h3-7H,1-2H3,(H,14,16,18). The lowest BCUT2D eigenvalue weighted by atomic mass is 10.2. The monoisotopic (exact) mass is 260 g/mol. The van der Waals surface area contributed by atoms with Gasteiger partial charge in [0.1, 0.15) is 5.75 Å². The Morgan fingerprint density at radius 2 is 2.05 bits per heavy atom. The minimum atomic E-state index is -0.761. The molecule has 6 heteroatoms. The Morgan fingerprint density at radius 1 is 1.32 bits per heavy atom. The second kappa shape index (κ2) is 4.93. The number of carbonyl (C=O) groups is 1. The molecule has 0 radical (unpaired) electrons. The molecule has 1 N–H and O–H groups in total. The van der Waals surface area contributed by atoms with Crippen molar-refractivity contribution in [2.24, 2.45) is 0 Å². The maximum absolute atomic E-state index is 12.2. The molecule has 19 heavy (non-hydrogen) atoms. The van der Waals surface area contributed by atoms with E-state index in [1.54, 1.807) is 18.2 Å². The Labute approximate surface area is 108 Å². The van der Waals surface area contributed by atoms with E-state index >= 15 is 0 Å². The molecule has 0 aliphatic heterocycles. The summed E-state index contributed by atoms with van der Waals surface area (Å²) in [5.74, 6) is -0.0108. The molecule has 0 fully saturated rings. The normalized spacial score (nSPS) is 10.2. The zero-order chi connectivity index (χ0) is 14.0. The van der Waals surface area contributed by atoms with Gasteiger partial charge >= 0.3 is 5.69 Å². The van der Waals surface area contributed by atoms with Crippen molar-refractivity contribution in [3.63, 3.8) is 0 Å². The van der Waals surface area contributed by atoms with Crippen LogP contribution in [0.5, 0.6) is 5.75 Å². The van der Waals surface area contributed by atoms with Gasteiger partial charge in [0.2, 0.25) is 0 Å². The van der Waals surface area contributed by atoms with E-state index in [0.717, 1.165) is 4.57 Å². The van der Waals surface area contributed by atoms with Gasteiger partial charge in [0.05, 0.1) is 7.11 Å². The predicted octanol–water partition coefficient (Wildman–Crippen LogP) is 0.542. The second-order valence-electron chi connectivity index (χ2n) is 3.98. The van der Waals surface area contributed by atoms with Crippen LogP contribution in [0.4, 0.5) is 0 Å². The third-order valence-corrected chi connectivity index (χ3v) is 2.66. The summed E-state index contributed by atoms with van der Waals surface area (Å²) in [6, 6.07) is 6.43. The zero-order valence-electron chi connectivity index (χ0n) is 10.5. The lowest BCUT2D eigenvalue weighted by Crippen LogP contribution is -2.34. The molecule has 2 aromatic rings. The summed E-state index contributed by atoms with van der Waals surface area (Å²) in [4.78, 5) is 37.1. The van der Waals surface area contributed by atoms with Crippen molar-refractivity contribution in [2.75, 3.05) is 7.11 Å². The van der Waals surface area contributed by atoms with Crippen LogP contribution in [0.25, 0.3) is 0 Å². The van der Waals surface area contributed by atoms with E-state index < -0.39 is 17.2 Å². The summed E-state index contributed by atoms with van der Waals surface area (Å²) in [6.45, 7) is 1.52. The number of aryl methyl sites for hydroxylation is 1. The molecule has 98 valence electrons. The van der Waals surface area contributed by atoms with Crippen molar-refractivity contribution < 1.29 is 9.53 Å². The highest BCUT2D eigenvalue weighted by Gasteiger charge is 2.12. The van der Waals surface area contributed by atoms with Crippen LogP contribution < -0.4 is 16.0 Å². The van der Waals surface area contributed by atoms with Crippen molar-refractivity contribution >= 4 is 5.91 Å². The van der Waals surface area contributed by atoms with Gasteiger partial charge in [-0.3, -0.25) is 14.6 Å². The smallest absolute Gasteiger partial charge is 0.335 e. The predicted molar refractivity (Wildman–Crippen MR) is 68.8 cm³/mol. The molecule has 0 saturated heterocycles. The van der Waals surface area contributed by atoms with E-state index in [1.807, 2.05) is 0 Å². The number of H-pyrrole nitrogens is 1. The quantitative estimate of drug-likeness (QED) is 0.854. The number of nitrogens with zero attached hydrogens (tertiary/aromatic N) is 1. The van der Waals surface area contributed by atoms with Crippen LogP contribution in [0.1, 0.15) is 15.9 Å². The molecule has 0 bridgehead atoms. The molecular formula is C13H12N2O4. The van der Waals surface area contributed by atoms with Crippen LogP contribution in [-0.2, 0) is 0 Å². The number of methoxy groups -OCH3 is 1. The topological polar surface area (TPSA) is 81.2 Å². The molecule has 1 heterocycles. The number of carbonyl (C=O) groups excluding carboxylic acids is 1. The first-order valence-corrected chi connectivity index (χ1v) is 5.54. The van der Waals surface area contributed by atoms with Gasteiger partial charge in [-0.05, 0) is 25.1 Å². The first-order valence-electron chi connectivity index (χ1n) is 5.54. The molecule has 0 saturated carbocycles. The third kappa shape index (κ3) is 2.47. The zero-order valence-corrected chi connectivity index (χ0v) is 10.5. The summed E-state index contributed by atoms with van der Waals surface area (Å²) < 4.78 is 5.88. The van der Waals surface area contributed by atoms with E-state index in [-0.39, 0.29) is 5.56 Å². The largest absolute Gasteiger partial charge is 0.497 e. The molecule has 0 aliphatic rings. The summed E-state index contributed by atoms with van der Waals surface area (Å²) >= 11 is 0. The number of benzene rings is 1. The Balaban J connectivity index is 2.53. The van der Waals surface area contributed by atoms with Crippen molar-refractivity contribution in [3.8, 4) is 5.75 Å². The molecule has 0 atom stereocenters. The van der Waals surface area contributed by atoms with E-state index in [9.17, 15) is 14.4 Å². The average Bonchev–Trinajstić information content (AvgIpc) is 2.42. The number of aromatic nitrogens is 2. The molecule has 6 nitrogen and oxygen atoms in total. The van der Waals surface area contributed by atoms with E-state index in [4.69, 9.17) is 4.74 Å². The van der Waals surface area contributed by atoms with Gasteiger partial charge < -0.3 is 4.74 Å². The number of aromatic amines is 1. The van der Waals surface area contributed by atoms with Crippen molar-refractivity contribution in [2.45, 2.75) is 6.92 Å². The summed E-state index contributed by atoms with van der Waals surface area (Å²) in [6.07, 6.45) is 1.23. The van der Waals surface area contributed by atoms with Crippen molar-refractivity contribution in [3.05, 3.63) is 62.4 Å². The molecular weight excluding hydrogens is 248 g/mol. The summed E-state index contributed by atoms with van der Waals surface area (Å²) in [5, 5.41) is 0. The highest BCUT2D eigenvalue weighted by atomic mass is 16.5. The third-order valence-electron chi connectivity index (χ3n) is 2.66. The van der Waals surface area contributed by atoms with Crippen LogP contribution in [0.2, 0.25) is 0 Å². The average molecular weight is 260 g/mol. The Kier molecular flexibility index (Phi) is 3.33. The molecule has 0 amide bonds.